The molecular weight excluding hydrogens is 320 g/mol. The molecule has 0 radical (unpaired) electrons. The smallest absolute Gasteiger partial charge is 0.214 e. The first-order valence-corrected chi connectivity index (χ1v) is 7.54. The molecule has 114 valence electrons. The van der Waals surface area contributed by atoms with Crippen LogP contribution < -0.4 is 0 Å². The van der Waals surface area contributed by atoms with E-state index in [9.17, 15) is 0 Å². The summed E-state index contributed by atoms with van der Waals surface area (Å²) in [5.41, 5.74) is 5.02. The molecule has 3 aromatic carbocycles. The first-order valence-electron chi connectivity index (χ1n) is 7.54. The van der Waals surface area contributed by atoms with Crippen LogP contribution in [-0.2, 0) is 17.1 Å². The molecule has 0 bridgehead atoms. The van der Waals surface area contributed by atoms with E-state index in [2.05, 4.69) is 60.7 Å². The maximum absolute atomic E-state index is 3.50. The van der Waals surface area contributed by atoms with Gasteiger partial charge in [-0.3, -0.25) is 0 Å². The summed E-state index contributed by atoms with van der Waals surface area (Å²) < 4.78 is 0. The van der Waals surface area contributed by atoms with E-state index in [0.717, 1.165) is 6.42 Å². The average molecular weight is 338 g/mol. The fraction of sp³-hybridized carbons (Fsp3) is 0.0455. The van der Waals surface area contributed by atoms with Gasteiger partial charge < -0.3 is 0 Å². The van der Waals surface area contributed by atoms with Crippen molar-refractivity contribution in [3.8, 4) is 0 Å². The summed E-state index contributed by atoms with van der Waals surface area (Å²) in [4.78, 5) is 0. The molecule has 0 aliphatic heterocycles. The average Bonchev–Trinajstić information content (AvgIpc) is 3.31. The molecule has 1 heteroatoms. The Morgan fingerprint density at radius 2 is 1.26 bits per heavy atom. The van der Waals surface area contributed by atoms with Gasteiger partial charge in [0, 0.05) is 0 Å². The van der Waals surface area contributed by atoms with Crippen molar-refractivity contribution in [2.24, 2.45) is 0 Å². The summed E-state index contributed by atoms with van der Waals surface area (Å²) in [6.07, 6.45) is 6.73. The van der Waals surface area contributed by atoms with Crippen LogP contribution in [-0.4, -0.2) is 0 Å². The summed E-state index contributed by atoms with van der Waals surface area (Å²) >= 11 is 0. The van der Waals surface area contributed by atoms with Crippen molar-refractivity contribution < 1.29 is 17.1 Å². The third-order valence-corrected chi connectivity index (χ3v) is 3.56. The van der Waals surface area contributed by atoms with Gasteiger partial charge >= 0.3 is 17.1 Å². The summed E-state index contributed by atoms with van der Waals surface area (Å²) in [7, 11) is 0. The molecular formula is C22H18Fe. The van der Waals surface area contributed by atoms with E-state index in [1.165, 1.54) is 22.3 Å². The van der Waals surface area contributed by atoms with Crippen LogP contribution in [0.1, 0.15) is 17.5 Å². The van der Waals surface area contributed by atoms with E-state index in [4.69, 9.17) is 0 Å². The van der Waals surface area contributed by atoms with Gasteiger partial charge in [-0.15, -0.1) is 17.2 Å². The van der Waals surface area contributed by atoms with Crippen LogP contribution in [0.2, 0.25) is 0 Å². The topological polar surface area (TPSA) is 0 Å². The first kappa shape index (κ1) is 17.1. The summed E-state index contributed by atoms with van der Waals surface area (Å²) in [6.45, 7) is 0. The van der Waals surface area contributed by atoms with Crippen LogP contribution in [0.5, 0.6) is 0 Å². The van der Waals surface area contributed by atoms with Crippen LogP contribution in [0.4, 0.5) is 0 Å². The Kier molecular flexibility index (Phi) is 6.75. The van der Waals surface area contributed by atoms with Gasteiger partial charge in [0.25, 0.3) is 0 Å². The zero-order valence-corrected chi connectivity index (χ0v) is 13.9. The number of hydrogen-bond donors (Lipinski definition) is 0. The second-order valence-corrected chi connectivity index (χ2v) is 5.12. The predicted molar refractivity (Wildman–Crippen MR) is 94.2 cm³/mol. The molecule has 0 unspecified atom stereocenters. The maximum atomic E-state index is 3.50. The molecule has 0 spiro atoms. The van der Waals surface area contributed by atoms with Gasteiger partial charge in [0.05, 0.1) is 0 Å². The Morgan fingerprint density at radius 1 is 0.696 bits per heavy atom. The Labute approximate surface area is 149 Å². The first-order chi connectivity index (χ1) is 10.9. The van der Waals surface area contributed by atoms with Crippen LogP contribution in [0.15, 0.2) is 97.1 Å². The predicted octanol–water partition coefficient (Wildman–Crippen LogP) is 5.76. The maximum Gasteiger partial charge on any atom is 2.00 e. The molecule has 0 nitrogen and oxygen atoms in total. The van der Waals surface area contributed by atoms with Crippen molar-refractivity contribution in [1.82, 2.24) is 0 Å². The molecule has 3 aromatic rings. The molecule has 0 saturated carbocycles. The minimum absolute atomic E-state index is 0. The van der Waals surface area contributed by atoms with Gasteiger partial charge in [0.15, 0.2) is 0 Å². The van der Waals surface area contributed by atoms with Crippen LogP contribution in [0, 0.1) is 6.08 Å². The molecule has 0 atom stereocenters. The van der Waals surface area contributed by atoms with Gasteiger partial charge in [-0.2, -0.15) is 24.3 Å². The molecule has 0 amide bonds. The summed E-state index contributed by atoms with van der Waals surface area (Å²) in [5.74, 6) is 0. The van der Waals surface area contributed by atoms with Crippen LogP contribution >= 0.6 is 0 Å². The molecule has 4 rings (SSSR count). The molecule has 0 N–H and O–H groups in total. The van der Waals surface area contributed by atoms with E-state index in [-0.39, 0.29) is 17.1 Å². The van der Waals surface area contributed by atoms with E-state index >= 15 is 0 Å². The minimum Gasteiger partial charge on any atom is -0.214 e. The van der Waals surface area contributed by atoms with Crippen molar-refractivity contribution in [2.75, 3.05) is 0 Å². The Hall–Kier alpha value is -2.21. The van der Waals surface area contributed by atoms with Crippen molar-refractivity contribution >= 4 is 11.1 Å². The SMILES string of the molecule is [C-]1=C(c2ccccc2)CC=C1c1ccccc1.[Fe+2].c1cc[cH-]c1. The van der Waals surface area contributed by atoms with Gasteiger partial charge in [-0.1, -0.05) is 78.2 Å². The van der Waals surface area contributed by atoms with Crippen molar-refractivity contribution in [3.05, 3.63) is 114 Å². The Morgan fingerprint density at radius 3 is 1.78 bits per heavy atom. The van der Waals surface area contributed by atoms with Crippen molar-refractivity contribution in [1.29, 1.82) is 0 Å². The van der Waals surface area contributed by atoms with Crippen molar-refractivity contribution in [3.63, 3.8) is 0 Å². The summed E-state index contributed by atoms with van der Waals surface area (Å²) in [6, 6.07) is 30.9. The molecule has 0 saturated heterocycles. The third-order valence-electron chi connectivity index (χ3n) is 3.56. The fourth-order valence-electron chi connectivity index (χ4n) is 2.43. The van der Waals surface area contributed by atoms with E-state index in [0.29, 0.717) is 0 Å². The number of hydrogen-bond acceptors (Lipinski definition) is 0. The quantitative estimate of drug-likeness (QED) is 0.411. The summed E-state index contributed by atoms with van der Waals surface area (Å²) in [5, 5.41) is 0. The van der Waals surface area contributed by atoms with E-state index in [1.807, 2.05) is 42.5 Å². The zero-order chi connectivity index (χ0) is 15.0. The Balaban J connectivity index is 0.000000276. The van der Waals surface area contributed by atoms with Gasteiger partial charge in [-0.25, -0.2) is 12.1 Å². The molecule has 0 aromatic heterocycles. The van der Waals surface area contributed by atoms with E-state index < -0.39 is 0 Å². The molecule has 1 aliphatic carbocycles. The van der Waals surface area contributed by atoms with Gasteiger partial charge in [0.1, 0.15) is 0 Å². The van der Waals surface area contributed by atoms with Gasteiger partial charge in [0.2, 0.25) is 0 Å². The molecule has 0 fully saturated rings. The molecule has 23 heavy (non-hydrogen) atoms. The molecule has 1 aliphatic rings. The third kappa shape index (κ3) is 4.89. The second-order valence-electron chi connectivity index (χ2n) is 5.12. The largest absolute Gasteiger partial charge is 2.00 e. The monoisotopic (exact) mass is 338 g/mol. The normalized spacial score (nSPS) is 12.3. The standard InChI is InChI=1S/C17H13.C5H5.Fe/c1-3-7-14(8-4-1)16-11-12-17(13-16)15-9-5-2-6-10-15;1-2-4-5-3-1;/h1-11H,12H2;1-5H;/q2*-1;+2. The molecule has 0 heterocycles. The van der Waals surface area contributed by atoms with Crippen LogP contribution in [0.25, 0.3) is 11.1 Å². The second kappa shape index (κ2) is 9.05. The van der Waals surface area contributed by atoms with Crippen molar-refractivity contribution in [2.45, 2.75) is 6.42 Å². The van der Waals surface area contributed by atoms with E-state index in [1.54, 1.807) is 0 Å². The van der Waals surface area contributed by atoms with Crippen LogP contribution in [0.3, 0.4) is 0 Å². The zero-order valence-electron chi connectivity index (χ0n) is 12.8. The number of allylic oxidation sites excluding steroid dienone is 4. The van der Waals surface area contributed by atoms with Gasteiger partial charge in [-0.05, 0) is 0 Å². The number of benzene rings is 2. The minimum atomic E-state index is 0. The Bertz CT molecular complexity index is 718. The fourth-order valence-corrected chi connectivity index (χ4v) is 2.43. The number of rotatable bonds is 2.